The molecule has 0 atom stereocenters. The van der Waals surface area contributed by atoms with Gasteiger partial charge in [0, 0.05) is 26.7 Å². The summed E-state index contributed by atoms with van der Waals surface area (Å²) in [4.78, 5) is 16.4. The van der Waals surface area contributed by atoms with Crippen LogP contribution in [0.25, 0.3) is 0 Å². The summed E-state index contributed by atoms with van der Waals surface area (Å²) >= 11 is 6.92. The second kappa shape index (κ2) is 6.73. The van der Waals surface area contributed by atoms with Gasteiger partial charge in [0.15, 0.2) is 0 Å². The number of carbonyl (C=O) groups is 1. The Labute approximate surface area is 119 Å². The molecule has 1 rings (SSSR count). The predicted octanol–water partition coefficient (Wildman–Crippen LogP) is 0.948. The number of hydrogen-bond acceptors (Lipinski definition) is 4. The van der Waals surface area contributed by atoms with Gasteiger partial charge in [0.05, 0.1) is 16.3 Å². The molecule has 1 aliphatic heterocycles. The number of nitrogens with two attached hydrogens (primary N) is 1. The molecule has 104 valence electrons. The van der Waals surface area contributed by atoms with E-state index in [-0.39, 0.29) is 10.7 Å². The molecular weight excluding hydrogens is 266 g/mol. The van der Waals surface area contributed by atoms with E-state index in [0.29, 0.717) is 11.5 Å². The summed E-state index contributed by atoms with van der Waals surface area (Å²) < 4.78 is -0.0639. The summed E-state index contributed by atoms with van der Waals surface area (Å²) in [5, 5.41) is 0. The third-order valence-corrected chi connectivity index (χ3v) is 5.69. The predicted molar refractivity (Wildman–Crippen MR) is 82.0 cm³/mol. The minimum absolute atomic E-state index is 0.0639. The second-order valence-electron chi connectivity index (χ2n) is 4.75. The SMILES string of the molecule is CCN(C)C(=O)CN1CCC(SC)(C(N)=S)CC1. The lowest BCUT2D eigenvalue weighted by Crippen LogP contribution is -2.51. The van der Waals surface area contributed by atoms with Gasteiger partial charge in [-0.15, -0.1) is 0 Å². The van der Waals surface area contributed by atoms with Crippen molar-refractivity contribution in [3.8, 4) is 0 Å². The van der Waals surface area contributed by atoms with Crippen molar-refractivity contribution in [1.29, 1.82) is 0 Å². The van der Waals surface area contributed by atoms with Crippen molar-refractivity contribution >= 4 is 34.9 Å². The molecule has 6 heteroatoms. The van der Waals surface area contributed by atoms with Crippen LogP contribution in [0.2, 0.25) is 0 Å². The summed E-state index contributed by atoms with van der Waals surface area (Å²) in [6, 6.07) is 0. The zero-order chi connectivity index (χ0) is 13.8. The van der Waals surface area contributed by atoms with E-state index in [1.165, 1.54) is 0 Å². The van der Waals surface area contributed by atoms with Gasteiger partial charge in [-0.25, -0.2) is 0 Å². The molecule has 1 fully saturated rings. The van der Waals surface area contributed by atoms with Crippen LogP contribution in [0.3, 0.4) is 0 Å². The monoisotopic (exact) mass is 289 g/mol. The van der Waals surface area contributed by atoms with Crippen molar-refractivity contribution in [2.24, 2.45) is 5.73 Å². The van der Waals surface area contributed by atoms with Crippen molar-refractivity contribution in [1.82, 2.24) is 9.80 Å². The van der Waals surface area contributed by atoms with Gasteiger partial charge in [-0.3, -0.25) is 9.69 Å². The molecule has 1 aliphatic rings. The average Bonchev–Trinajstić information content (AvgIpc) is 2.38. The van der Waals surface area contributed by atoms with E-state index in [9.17, 15) is 4.79 Å². The Morgan fingerprint density at radius 2 is 2.06 bits per heavy atom. The van der Waals surface area contributed by atoms with Crippen LogP contribution in [0.4, 0.5) is 0 Å². The fourth-order valence-corrected chi connectivity index (χ4v) is 3.36. The number of rotatable bonds is 5. The maximum atomic E-state index is 11.8. The highest BCUT2D eigenvalue weighted by atomic mass is 32.2. The number of hydrogen-bond donors (Lipinski definition) is 1. The summed E-state index contributed by atoms with van der Waals surface area (Å²) in [7, 11) is 1.84. The molecule has 4 nitrogen and oxygen atoms in total. The van der Waals surface area contributed by atoms with Gasteiger partial charge in [0.2, 0.25) is 5.91 Å². The molecule has 0 saturated carbocycles. The van der Waals surface area contributed by atoms with Crippen LogP contribution in [-0.4, -0.2) is 64.9 Å². The van der Waals surface area contributed by atoms with Crippen LogP contribution in [-0.2, 0) is 4.79 Å². The van der Waals surface area contributed by atoms with E-state index in [0.717, 1.165) is 32.5 Å². The van der Waals surface area contributed by atoms with Crippen molar-refractivity contribution in [3.05, 3.63) is 0 Å². The third kappa shape index (κ3) is 3.59. The van der Waals surface area contributed by atoms with Crippen molar-refractivity contribution in [3.63, 3.8) is 0 Å². The van der Waals surface area contributed by atoms with Crippen LogP contribution >= 0.6 is 24.0 Å². The Bertz CT molecular complexity index is 314. The summed E-state index contributed by atoms with van der Waals surface area (Å²) in [6.07, 6.45) is 3.93. The normalized spacial score (nSPS) is 19.5. The lowest BCUT2D eigenvalue weighted by atomic mass is 9.95. The molecule has 0 unspecified atom stereocenters. The van der Waals surface area contributed by atoms with E-state index in [1.807, 2.05) is 14.0 Å². The maximum absolute atomic E-state index is 11.8. The first-order valence-electron chi connectivity index (χ1n) is 6.26. The van der Waals surface area contributed by atoms with Gasteiger partial charge >= 0.3 is 0 Å². The van der Waals surface area contributed by atoms with E-state index in [2.05, 4.69) is 11.2 Å². The first kappa shape index (κ1) is 15.7. The molecule has 0 aromatic heterocycles. The zero-order valence-electron chi connectivity index (χ0n) is 11.4. The summed E-state index contributed by atoms with van der Waals surface area (Å²) in [5.74, 6) is 0.185. The smallest absolute Gasteiger partial charge is 0.236 e. The molecule has 2 N–H and O–H groups in total. The number of likely N-dealkylation sites (tertiary alicyclic amines) is 1. The minimum atomic E-state index is -0.0639. The zero-order valence-corrected chi connectivity index (χ0v) is 13.1. The Morgan fingerprint density at radius 1 is 1.50 bits per heavy atom. The first-order valence-corrected chi connectivity index (χ1v) is 7.90. The number of thiocarbonyl (C=S) groups is 1. The third-order valence-electron chi connectivity index (χ3n) is 3.76. The van der Waals surface area contributed by atoms with Gasteiger partial charge in [0.1, 0.15) is 0 Å². The van der Waals surface area contributed by atoms with E-state index in [1.54, 1.807) is 16.7 Å². The van der Waals surface area contributed by atoms with Crippen LogP contribution < -0.4 is 5.73 Å². The Balaban J connectivity index is 2.49. The van der Waals surface area contributed by atoms with Crippen molar-refractivity contribution in [2.75, 3.05) is 39.5 Å². The highest BCUT2D eigenvalue weighted by Gasteiger charge is 2.36. The van der Waals surface area contributed by atoms with Gasteiger partial charge in [-0.1, -0.05) is 12.2 Å². The Kier molecular flexibility index (Phi) is 5.88. The van der Waals surface area contributed by atoms with Gasteiger partial charge in [-0.2, -0.15) is 11.8 Å². The molecule has 0 spiro atoms. The molecule has 0 aromatic rings. The minimum Gasteiger partial charge on any atom is -0.392 e. The van der Waals surface area contributed by atoms with E-state index in [4.69, 9.17) is 18.0 Å². The molecule has 0 radical (unpaired) electrons. The Hall–Kier alpha value is -0.330. The average molecular weight is 289 g/mol. The van der Waals surface area contributed by atoms with Crippen LogP contribution in [0.1, 0.15) is 19.8 Å². The Morgan fingerprint density at radius 3 is 2.44 bits per heavy atom. The highest BCUT2D eigenvalue weighted by molar-refractivity contribution is 8.02. The number of nitrogens with zero attached hydrogens (tertiary/aromatic N) is 2. The number of likely N-dealkylation sites (N-methyl/N-ethyl adjacent to an activating group) is 1. The van der Waals surface area contributed by atoms with Crippen LogP contribution in [0.15, 0.2) is 0 Å². The highest BCUT2D eigenvalue weighted by Crippen LogP contribution is 2.34. The molecular formula is C12H23N3OS2. The molecule has 0 bridgehead atoms. The van der Waals surface area contributed by atoms with Gasteiger partial charge < -0.3 is 10.6 Å². The molecule has 18 heavy (non-hydrogen) atoms. The topological polar surface area (TPSA) is 49.6 Å². The van der Waals surface area contributed by atoms with Crippen LogP contribution in [0, 0.1) is 0 Å². The van der Waals surface area contributed by atoms with E-state index >= 15 is 0 Å². The fraction of sp³-hybridized carbons (Fsp3) is 0.833. The number of carbonyl (C=O) groups excluding carboxylic acids is 1. The van der Waals surface area contributed by atoms with E-state index < -0.39 is 0 Å². The maximum Gasteiger partial charge on any atom is 0.236 e. The fourth-order valence-electron chi connectivity index (χ4n) is 2.11. The number of piperidine rings is 1. The van der Waals surface area contributed by atoms with Crippen molar-refractivity contribution in [2.45, 2.75) is 24.5 Å². The molecule has 0 aromatic carbocycles. The van der Waals surface area contributed by atoms with Crippen LogP contribution in [0.5, 0.6) is 0 Å². The lowest BCUT2D eigenvalue weighted by molar-refractivity contribution is -0.131. The second-order valence-corrected chi connectivity index (χ2v) is 6.38. The largest absolute Gasteiger partial charge is 0.392 e. The molecule has 1 heterocycles. The van der Waals surface area contributed by atoms with Gasteiger partial charge in [-0.05, 0) is 26.0 Å². The summed E-state index contributed by atoms with van der Waals surface area (Å²) in [6.45, 7) is 5.03. The lowest BCUT2D eigenvalue weighted by Gasteiger charge is -2.40. The van der Waals surface area contributed by atoms with Crippen molar-refractivity contribution < 1.29 is 4.79 Å². The first-order chi connectivity index (χ1) is 8.45. The molecule has 1 saturated heterocycles. The quantitative estimate of drug-likeness (QED) is 0.764. The molecule has 0 aliphatic carbocycles. The molecule has 1 amide bonds. The number of thioether (sulfide) groups is 1. The standard InChI is InChI=1S/C12H23N3OS2/c1-4-14(2)10(16)9-15-7-5-12(18-3,6-8-15)11(13)17/h4-9H2,1-3H3,(H2,13,17). The number of amides is 1. The summed E-state index contributed by atoms with van der Waals surface area (Å²) in [5.41, 5.74) is 5.85. The van der Waals surface area contributed by atoms with Gasteiger partial charge in [0.25, 0.3) is 0 Å².